The summed E-state index contributed by atoms with van der Waals surface area (Å²) in [5, 5.41) is 6.10. The van der Waals surface area contributed by atoms with E-state index in [1.165, 1.54) is 23.0 Å². The van der Waals surface area contributed by atoms with E-state index < -0.39 is 5.66 Å². The number of amides is 1. The van der Waals surface area contributed by atoms with Crippen molar-refractivity contribution in [3.8, 4) is 0 Å². The summed E-state index contributed by atoms with van der Waals surface area (Å²) in [5.74, 6) is 0.325. The summed E-state index contributed by atoms with van der Waals surface area (Å²) in [5.41, 5.74) is 4.74. The van der Waals surface area contributed by atoms with Gasteiger partial charge >= 0.3 is 0 Å². The number of pyridine rings is 1. The third-order valence-corrected chi connectivity index (χ3v) is 5.54. The molecule has 25 heavy (non-hydrogen) atoms. The van der Waals surface area contributed by atoms with Gasteiger partial charge in [0.15, 0.2) is 0 Å². The molecular formula is C16H17ClN6O2. The normalized spacial score (nSPS) is 23.1. The fraction of sp³-hybridized carbons (Fsp3) is 0.375. The van der Waals surface area contributed by atoms with Crippen LogP contribution in [-0.2, 0) is 5.66 Å². The molecule has 1 atom stereocenters. The number of nitrogens with two attached hydrogens (primary N) is 1. The minimum Gasteiger partial charge on any atom is -0.384 e. The van der Waals surface area contributed by atoms with Crippen LogP contribution in [-0.4, -0.2) is 20.4 Å². The van der Waals surface area contributed by atoms with Crippen LogP contribution >= 0.6 is 11.6 Å². The average Bonchev–Trinajstić information content (AvgIpc) is 2.88. The highest BCUT2D eigenvalue weighted by Gasteiger charge is 2.60. The van der Waals surface area contributed by atoms with Gasteiger partial charge in [-0.15, -0.1) is 0 Å². The summed E-state index contributed by atoms with van der Waals surface area (Å²) in [6.07, 6.45) is 2.88. The van der Waals surface area contributed by atoms with Crippen LogP contribution in [0.25, 0.3) is 0 Å². The number of nitrogens with one attached hydrogen (secondary N) is 2. The molecule has 1 spiro atoms. The van der Waals surface area contributed by atoms with Crippen LogP contribution in [0.2, 0.25) is 5.02 Å². The van der Waals surface area contributed by atoms with Crippen molar-refractivity contribution in [2.24, 2.45) is 5.41 Å². The molecule has 2 aromatic rings. The molecule has 1 amide bonds. The second-order valence-corrected chi connectivity index (χ2v) is 7.45. The molecule has 2 aromatic heterocycles. The molecule has 1 fully saturated rings. The Hall–Kier alpha value is -2.61. The van der Waals surface area contributed by atoms with Gasteiger partial charge in [0.1, 0.15) is 35.0 Å². The van der Waals surface area contributed by atoms with Crippen LogP contribution < -0.4 is 21.9 Å². The van der Waals surface area contributed by atoms with Gasteiger partial charge in [0.25, 0.3) is 11.5 Å². The smallest absolute Gasteiger partial charge is 0.276 e. The Labute approximate surface area is 148 Å². The van der Waals surface area contributed by atoms with Crippen LogP contribution in [0.15, 0.2) is 23.3 Å². The monoisotopic (exact) mass is 360 g/mol. The van der Waals surface area contributed by atoms with Crippen molar-refractivity contribution < 1.29 is 4.79 Å². The molecule has 8 nitrogen and oxygen atoms in total. The Morgan fingerprint density at radius 3 is 2.64 bits per heavy atom. The highest BCUT2D eigenvalue weighted by Crippen LogP contribution is 2.55. The van der Waals surface area contributed by atoms with Gasteiger partial charge in [0.2, 0.25) is 0 Å². The molecule has 1 saturated carbocycles. The van der Waals surface area contributed by atoms with E-state index in [0.29, 0.717) is 12.2 Å². The minimum atomic E-state index is -0.747. The second kappa shape index (κ2) is 4.95. The zero-order chi connectivity index (χ0) is 18.0. The number of anilines is 3. The molecular weight excluding hydrogens is 344 g/mol. The van der Waals surface area contributed by atoms with Crippen molar-refractivity contribution in [3.05, 3.63) is 39.5 Å². The summed E-state index contributed by atoms with van der Waals surface area (Å²) in [7, 11) is 0. The van der Waals surface area contributed by atoms with Gasteiger partial charge in [0.05, 0.1) is 5.02 Å². The Balaban J connectivity index is 1.88. The molecule has 3 heterocycles. The molecule has 0 radical (unpaired) electrons. The first-order valence-electron chi connectivity index (χ1n) is 7.88. The van der Waals surface area contributed by atoms with Gasteiger partial charge in [-0.1, -0.05) is 25.4 Å². The molecule has 1 aliphatic heterocycles. The van der Waals surface area contributed by atoms with E-state index in [1.54, 1.807) is 0 Å². The molecule has 0 saturated heterocycles. The van der Waals surface area contributed by atoms with Crippen LogP contribution in [0, 0.1) is 5.41 Å². The van der Waals surface area contributed by atoms with Crippen molar-refractivity contribution in [3.63, 3.8) is 0 Å². The lowest BCUT2D eigenvalue weighted by Gasteiger charge is -2.54. The first-order valence-corrected chi connectivity index (χ1v) is 8.26. The zero-order valence-electron chi connectivity index (χ0n) is 13.8. The van der Waals surface area contributed by atoms with Crippen LogP contribution in [0.5, 0.6) is 0 Å². The van der Waals surface area contributed by atoms with Gasteiger partial charge in [0, 0.05) is 11.5 Å². The molecule has 1 aliphatic carbocycles. The third-order valence-electron chi connectivity index (χ3n) is 5.25. The van der Waals surface area contributed by atoms with Gasteiger partial charge in [-0.25, -0.2) is 9.97 Å². The highest BCUT2D eigenvalue weighted by atomic mass is 35.5. The van der Waals surface area contributed by atoms with Crippen molar-refractivity contribution in [2.75, 3.05) is 11.1 Å². The topological polar surface area (TPSA) is 115 Å². The molecule has 9 heteroatoms. The maximum atomic E-state index is 13.1. The Bertz CT molecular complexity index is 970. The van der Waals surface area contributed by atoms with E-state index in [4.69, 9.17) is 17.3 Å². The molecule has 130 valence electrons. The predicted octanol–water partition coefficient (Wildman–Crippen LogP) is 1.83. The fourth-order valence-corrected chi connectivity index (χ4v) is 3.92. The van der Waals surface area contributed by atoms with Gasteiger partial charge in [-0.2, -0.15) is 0 Å². The number of carbonyl (C=O) groups excluding carboxylic acids is 1. The van der Waals surface area contributed by atoms with E-state index in [-0.39, 0.29) is 39.1 Å². The number of rotatable bonds is 2. The van der Waals surface area contributed by atoms with E-state index in [9.17, 15) is 9.59 Å². The summed E-state index contributed by atoms with van der Waals surface area (Å²) in [6, 6.07) is 2.95. The average molecular weight is 361 g/mol. The zero-order valence-corrected chi connectivity index (χ0v) is 14.5. The van der Waals surface area contributed by atoms with Gasteiger partial charge in [-0.3, -0.25) is 14.2 Å². The number of nitrogens with zero attached hydrogens (tertiary/aromatic N) is 3. The fourth-order valence-electron chi connectivity index (χ4n) is 3.64. The summed E-state index contributed by atoms with van der Waals surface area (Å²) in [4.78, 5) is 33.4. The van der Waals surface area contributed by atoms with Crippen molar-refractivity contribution in [1.82, 2.24) is 19.9 Å². The summed E-state index contributed by atoms with van der Waals surface area (Å²) in [6.45, 7) is 4.05. The number of aromatic nitrogens is 3. The molecule has 4 N–H and O–H groups in total. The quantitative estimate of drug-likeness (QED) is 0.752. The molecule has 0 bridgehead atoms. The summed E-state index contributed by atoms with van der Waals surface area (Å²) >= 11 is 6.32. The van der Waals surface area contributed by atoms with E-state index in [1.807, 2.05) is 13.8 Å². The molecule has 0 aromatic carbocycles. The van der Waals surface area contributed by atoms with E-state index in [2.05, 4.69) is 20.6 Å². The Kier molecular flexibility index (Phi) is 3.15. The lowest BCUT2D eigenvalue weighted by atomic mass is 9.62. The first-order chi connectivity index (χ1) is 11.7. The molecule has 4 rings (SSSR count). The van der Waals surface area contributed by atoms with Crippen LogP contribution in [0.1, 0.15) is 37.2 Å². The predicted molar refractivity (Wildman–Crippen MR) is 93.9 cm³/mol. The van der Waals surface area contributed by atoms with E-state index >= 15 is 0 Å². The SMILES string of the molecule is CC1(C)CCC12NC(=O)c1c(Cl)cc(Nc3cc(N)ncn3)c(=O)n12. The standard InChI is InChI=1S/C16H17ClN6O2/c1-15(2)3-4-16(15)22-13(24)12-8(17)5-9(14(25)23(12)16)21-11-6-10(18)19-7-20-11/h5-7H,3-4H2,1-2H3,(H,22,24)(H3,18,19,20,21). The van der Waals surface area contributed by atoms with E-state index in [0.717, 1.165) is 6.42 Å². The number of nitrogen functional groups attached to an aromatic ring is 1. The number of halogens is 1. The maximum Gasteiger partial charge on any atom is 0.276 e. The van der Waals surface area contributed by atoms with Crippen molar-refractivity contribution in [1.29, 1.82) is 0 Å². The largest absolute Gasteiger partial charge is 0.384 e. The number of fused-ring (bicyclic) bond motifs is 2. The maximum absolute atomic E-state index is 13.1. The highest BCUT2D eigenvalue weighted by molar-refractivity contribution is 6.34. The lowest BCUT2D eigenvalue weighted by molar-refractivity contribution is -0.0501. The first kappa shape index (κ1) is 15.9. The van der Waals surface area contributed by atoms with Crippen molar-refractivity contribution >= 4 is 34.8 Å². The van der Waals surface area contributed by atoms with Crippen LogP contribution in [0.4, 0.5) is 17.3 Å². The van der Waals surface area contributed by atoms with Crippen LogP contribution in [0.3, 0.4) is 0 Å². The van der Waals surface area contributed by atoms with Gasteiger partial charge in [-0.05, 0) is 18.9 Å². The number of carbonyl (C=O) groups is 1. The van der Waals surface area contributed by atoms with Gasteiger partial charge < -0.3 is 16.4 Å². The Morgan fingerprint density at radius 1 is 1.28 bits per heavy atom. The number of hydrogen-bond acceptors (Lipinski definition) is 6. The molecule has 1 unspecified atom stereocenters. The minimum absolute atomic E-state index is 0.201. The van der Waals surface area contributed by atoms with Crippen molar-refractivity contribution in [2.45, 2.75) is 32.4 Å². The number of hydrogen-bond donors (Lipinski definition) is 3. The Morgan fingerprint density at radius 2 is 2.04 bits per heavy atom. The molecule has 2 aliphatic rings. The summed E-state index contributed by atoms with van der Waals surface area (Å²) < 4.78 is 1.49. The lowest BCUT2D eigenvalue weighted by Crippen LogP contribution is -2.63. The third kappa shape index (κ3) is 2.07. The second-order valence-electron chi connectivity index (χ2n) is 7.05.